The molecule has 4 saturated carbocycles. The van der Waals surface area contributed by atoms with E-state index in [4.69, 9.17) is 9.47 Å². The molecule has 0 unspecified atom stereocenters. The van der Waals surface area contributed by atoms with Gasteiger partial charge in [-0.2, -0.15) is 0 Å². The van der Waals surface area contributed by atoms with E-state index < -0.39 is 122 Å². The predicted octanol–water partition coefficient (Wildman–Crippen LogP) is 5.68. The van der Waals surface area contributed by atoms with Gasteiger partial charge < -0.3 is 50.3 Å². The zero-order valence-corrected chi connectivity index (χ0v) is 43.4. The minimum Gasteiger partial charge on any atom is -0.458 e. The summed E-state index contributed by atoms with van der Waals surface area (Å²) in [6, 6.07) is 0. The maximum atomic E-state index is 13.4. The summed E-state index contributed by atoms with van der Waals surface area (Å²) in [5, 5.41) is 89.7. The molecule has 0 saturated heterocycles. The number of hydrogen-bond donors (Lipinski definition) is 8. The third-order valence-electron chi connectivity index (χ3n) is 19.6. The Bertz CT molecular complexity index is 2210. The van der Waals surface area contributed by atoms with Crippen molar-refractivity contribution in [3.05, 3.63) is 46.6 Å². The van der Waals surface area contributed by atoms with Crippen LogP contribution in [0.15, 0.2) is 46.6 Å². The molecule has 70 heavy (non-hydrogen) atoms. The highest BCUT2D eigenvalue weighted by Gasteiger charge is 2.88. The summed E-state index contributed by atoms with van der Waals surface area (Å²) in [5.74, 6) is -7.44. The molecule has 0 heterocycles. The van der Waals surface area contributed by atoms with Gasteiger partial charge in [0.25, 0.3) is 0 Å². The first-order valence-electron chi connectivity index (χ1n) is 26.4. The van der Waals surface area contributed by atoms with E-state index in [-0.39, 0.29) is 38.4 Å². The molecule has 0 bridgehead atoms. The minimum absolute atomic E-state index is 0.0615. The number of Topliss-reactive ketones (excluding diaryl/α,β-unsaturated/α-hetero) is 2. The smallest absolute Gasteiger partial charge is 0.306 e. The van der Waals surface area contributed by atoms with Crippen LogP contribution in [0.1, 0.15) is 159 Å². The van der Waals surface area contributed by atoms with E-state index in [1.165, 1.54) is 51.9 Å². The molecule has 0 aromatic rings. The number of fused-ring (bicyclic) bond motifs is 10. The average molecular weight is 981 g/mol. The van der Waals surface area contributed by atoms with Crippen molar-refractivity contribution < 1.29 is 69.5 Å². The lowest BCUT2D eigenvalue weighted by atomic mass is 9.59. The molecule has 0 spiro atoms. The van der Waals surface area contributed by atoms with Crippen LogP contribution >= 0.6 is 0 Å². The highest BCUT2D eigenvalue weighted by molar-refractivity contribution is 6.05. The van der Waals surface area contributed by atoms with Gasteiger partial charge in [0.15, 0.2) is 17.2 Å². The van der Waals surface area contributed by atoms with Crippen molar-refractivity contribution in [1.29, 1.82) is 0 Å². The van der Waals surface area contributed by atoms with Crippen LogP contribution in [-0.4, -0.2) is 123 Å². The lowest BCUT2D eigenvalue weighted by molar-refractivity contribution is -0.228. The Morgan fingerprint density at radius 3 is 1.51 bits per heavy atom. The van der Waals surface area contributed by atoms with Crippen molar-refractivity contribution in [1.82, 2.24) is 0 Å². The maximum absolute atomic E-state index is 13.4. The van der Waals surface area contributed by atoms with Gasteiger partial charge >= 0.3 is 11.9 Å². The fraction of sp³-hybridized carbons (Fsp3) is 0.786. The van der Waals surface area contributed by atoms with Gasteiger partial charge in [-0.1, -0.05) is 137 Å². The van der Waals surface area contributed by atoms with Gasteiger partial charge in [-0.3, -0.25) is 19.2 Å². The Hall–Kier alpha value is -3.08. The van der Waals surface area contributed by atoms with E-state index in [2.05, 4.69) is 6.92 Å². The van der Waals surface area contributed by atoms with Crippen LogP contribution in [-0.2, 0) is 28.7 Å². The first-order chi connectivity index (χ1) is 32.6. The number of aliphatic hydroxyl groups excluding tert-OH is 3. The quantitative estimate of drug-likeness (QED) is 0.0527. The molecule has 8 aliphatic rings. The maximum Gasteiger partial charge on any atom is 0.306 e. The Labute approximate surface area is 414 Å². The lowest BCUT2D eigenvalue weighted by Crippen LogP contribution is -2.66. The van der Waals surface area contributed by atoms with E-state index in [9.17, 15) is 60.0 Å². The summed E-state index contributed by atoms with van der Waals surface area (Å²) >= 11 is 0. The topological polar surface area (TPSA) is 249 Å². The summed E-state index contributed by atoms with van der Waals surface area (Å²) in [7, 11) is 0. The third kappa shape index (κ3) is 7.93. The van der Waals surface area contributed by atoms with Crippen LogP contribution in [0.4, 0.5) is 0 Å². The summed E-state index contributed by atoms with van der Waals surface area (Å²) in [6.07, 6.45) is 17.6. The third-order valence-corrected chi connectivity index (χ3v) is 19.6. The molecule has 14 nitrogen and oxygen atoms in total. The summed E-state index contributed by atoms with van der Waals surface area (Å²) < 4.78 is 12.3. The van der Waals surface area contributed by atoms with Crippen molar-refractivity contribution in [2.24, 2.45) is 58.2 Å². The number of unbranched alkanes of at least 4 members (excludes halogenated alkanes) is 10. The minimum atomic E-state index is -1.93. The van der Waals surface area contributed by atoms with E-state index in [0.717, 1.165) is 19.3 Å². The molecule has 8 N–H and O–H groups in total. The fourth-order valence-corrected chi connectivity index (χ4v) is 15.6. The molecule has 14 heteroatoms. The first-order valence-corrected chi connectivity index (χ1v) is 26.4. The molecular formula is C56H84O14. The highest BCUT2D eigenvalue weighted by atomic mass is 16.6. The Morgan fingerprint density at radius 1 is 0.643 bits per heavy atom. The molecule has 16 atom stereocenters. The number of carbonyl (C=O) groups is 4. The zero-order valence-electron chi connectivity index (χ0n) is 43.4. The standard InChI is InChI=1S/C36H56O8.C20H28O6/c1-7-8-9-10-11-12-13-14-15-16-17-18-29(39)44-36-30(33(36,5)6)27-20-26(22-37)21-34(41)28(19-23(2)31(34)40)35(27,42)24(3)32(36)43-25(4)38;1-9-5-13-18(24,15(9)22)7-11(8-21)6-12-14-17(3,4)20(14,26)16(23)10(2)19(12,13)25/h19-20,24,27-28,30,32,37,41-42H,7-18,21-22H2,1-6H3;5-6,10,12-14,16,21,23-26H,7-8H2,1-4H3/t24-,27+,28-,30+,32-,34-,35-,36-;10-,12+,13-,14+,16-,18-,19-,20-/m11/s1. The summed E-state index contributed by atoms with van der Waals surface area (Å²) in [5.41, 5.74) is -9.28. The second-order valence-electron chi connectivity index (χ2n) is 24.1. The van der Waals surface area contributed by atoms with Gasteiger partial charge in [-0.25, -0.2) is 0 Å². The van der Waals surface area contributed by atoms with Crippen LogP contribution < -0.4 is 0 Å². The van der Waals surface area contributed by atoms with Crippen LogP contribution in [0, 0.1) is 58.2 Å². The Kier molecular flexibility index (Phi) is 14.8. The summed E-state index contributed by atoms with van der Waals surface area (Å²) in [6.45, 7) is 17.0. The second kappa shape index (κ2) is 19.0. The van der Waals surface area contributed by atoms with Crippen LogP contribution in [0.3, 0.4) is 0 Å². The number of rotatable bonds is 16. The average Bonchev–Trinajstić information content (AvgIpc) is 3.92. The number of ether oxygens (including phenoxy) is 2. The monoisotopic (exact) mass is 981 g/mol. The van der Waals surface area contributed by atoms with Crippen molar-refractivity contribution >= 4 is 23.5 Å². The Balaban J connectivity index is 0.000000234. The van der Waals surface area contributed by atoms with E-state index >= 15 is 0 Å². The fourth-order valence-electron chi connectivity index (χ4n) is 15.6. The van der Waals surface area contributed by atoms with Gasteiger partial charge in [0, 0.05) is 84.4 Å². The molecule has 0 amide bonds. The second-order valence-corrected chi connectivity index (χ2v) is 24.1. The van der Waals surface area contributed by atoms with Crippen molar-refractivity contribution in [2.45, 2.75) is 205 Å². The molecule has 0 aromatic carbocycles. The van der Waals surface area contributed by atoms with Crippen LogP contribution in [0.2, 0.25) is 0 Å². The number of ketones is 2. The molecule has 0 aromatic heterocycles. The van der Waals surface area contributed by atoms with Gasteiger partial charge in [-0.15, -0.1) is 0 Å². The molecule has 0 aliphatic heterocycles. The number of aliphatic hydroxyl groups is 8. The van der Waals surface area contributed by atoms with Gasteiger partial charge in [-0.05, 0) is 42.6 Å². The van der Waals surface area contributed by atoms with E-state index in [1.807, 2.05) is 27.7 Å². The van der Waals surface area contributed by atoms with E-state index in [1.54, 1.807) is 52.0 Å². The SMILES string of the molecule is CC1=C[C@H]2[C@@]3(O)[C@H](C)[C@@H](O)[C@]4(O)[C@@H]([C@@H]3C=C(CO)C[C@]2(O)C1=O)C4(C)C.CCCCCCCCCCCCCC(=O)O[C@@]12[C@H](OC(C)=O)[C@@H](C)[C@@]3(O)[C@@H](C=C(CO)C[C@]4(O)C(=O)C(C)=C[C@@H]34)[C@H]1C2(C)C. The van der Waals surface area contributed by atoms with Gasteiger partial charge in [0.1, 0.15) is 22.9 Å². The number of carbonyl (C=O) groups excluding carboxylic acids is 4. The summed E-state index contributed by atoms with van der Waals surface area (Å²) in [4.78, 5) is 51.8. The molecule has 8 rings (SSSR count). The number of esters is 2. The van der Waals surface area contributed by atoms with Crippen molar-refractivity contribution in [2.75, 3.05) is 13.2 Å². The molecule has 8 aliphatic carbocycles. The molecule has 4 fully saturated rings. The first kappa shape index (κ1) is 54.7. The van der Waals surface area contributed by atoms with Crippen molar-refractivity contribution in [3.63, 3.8) is 0 Å². The molecule has 0 radical (unpaired) electrons. The molecule has 392 valence electrons. The van der Waals surface area contributed by atoms with Crippen molar-refractivity contribution in [3.8, 4) is 0 Å². The van der Waals surface area contributed by atoms with Gasteiger partial charge in [0.05, 0.1) is 30.5 Å². The van der Waals surface area contributed by atoms with E-state index in [0.29, 0.717) is 28.7 Å². The largest absolute Gasteiger partial charge is 0.458 e. The zero-order chi connectivity index (χ0) is 51.9. The van der Waals surface area contributed by atoms with Gasteiger partial charge in [0.2, 0.25) is 0 Å². The molecular weight excluding hydrogens is 897 g/mol. The number of hydrogen-bond acceptors (Lipinski definition) is 14. The lowest BCUT2D eigenvalue weighted by Gasteiger charge is -2.53. The Morgan fingerprint density at radius 2 is 1.07 bits per heavy atom. The highest BCUT2D eigenvalue weighted by Crippen LogP contribution is 2.78. The normalized spacial score (nSPS) is 43.3. The van der Waals surface area contributed by atoms with Crippen LogP contribution in [0.5, 0.6) is 0 Å². The van der Waals surface area contributed by atoms with Crippen LogP contribution in [0.25, 0.3) is 0 Å². The predicted molar refractivity (Wildman–Crippen MR) is 260 cm³/mol.